The second kappa shape index (κ2) is 5.27. The van der Waals surface area contributed by atoms with Crippen LogP contribution in [0.1, 0.15) is 45.2 Å². The van der Waals surface area contributed by atoms with E-state index in [-0.39, 0.29) is 18.0 Å². The normalized spacial score (nSPS) is 24.6. The maximum Gasteiger partial charge on any atom is 0.127 e. The molecular weight excluding hydrogens is 229 g/mol. The summed E-state index contributed by atoms with van der Waals surface area (Å²) in [5.74, 6) is 1.42. The molecule has 18 heavy (non-hydrogen) atoms. The van der Waals surface area contributed by atoms with Crippen molar-refractivity contribution in [3.05, 3.63) is 29.6 Å². The Hall–Kier alpha value is -1.09. The standard InChI is InChI=1S/C15H22FNO/c1-9(2)6-10(3)14-8-13(17)12-5-4-11(16)7-15(12)18-14/h4-5,7,9-10,13-14H,6,8,17H2,1-3H3/t10?,13-,14?/m0/s1. The Balaban J connectivity index is 2.16. The molecule has 2 unspecified atom stereocenters. The quantitative estimate of drug-likeness (QED) is 0.889. The molecule has 3 heteroatoms. The molecule has 0 aliphatic carbocycles. The summed E-state index contributed by atoms with van der Waals surface area (Å²) in [4.78, 5) is 0. The van der Waals surface area contributed by atoms with E-state index in [1.807, 2.05) is 0 Å². The predicted molar refractivity (Wildman–Crippen MR) is 71.0 cm³/mol. The van der Waals surface area contributed by atoms with Gasteiger partial charge in [-0.1, -0.05) is 26.8 Å². The molecule has 0 saturated carbocycles. The number of nitrogens with two attached hydrogens (primary N) is 1. The van der Waals surface area contributed by atoms with Gasteiger partial charge in [0.15, 0.2) is 0 Å². The van der Waals surface area contributed by atoms with Gasteiger partial charge in [-0.25, -0.2) is 4.39 Å². The fourth-order valence-electron chi connectivity index (χ4n) is 2.75. The third kappa shape index (κ3) is 2.83. The number of ether oxygens (including phenoxy) is 1. The molecule has 1 heterocycles. The van der Waals surface area contributed by atoms with Crippen molar-refractivity contribution in [1.82, 2.24) is 0 Å². The third-order valence-electron chi connectivity index (χ3n) is 3.62. The van der Waals surface area contributed by atoms with Crippen LogP contribution in [-0.4, -0.2) is 6.10 Å². The second-order valence-electron chi connectivity index (χ2n) is 5.79. The van der Waals surface area contributed by atoms with Gasteiger partial charge in [-0.3, -0.25) is 0 Å². The molecule has 1 aromatic carbocycles. The predicted octanol–water partition coefficient (Wildman–Crippen LogP) is 3.66. The molecule has 0 saturated heterocycles. The molecule has 0 bridgehead atoms. The second-order valence-corrected chi connectivity index (χ2v) is 5.79. The van der Waals surface area contributed by atoms with Gasteiger partial charge in [0.05, 0.1) is 0 Å². The van der Waals surface area contributed by atoms with Crippen molar-refractivity contribution in [3.8, 4) is 5.75 Å². The van der Waals surface area contributed by atoms with Crippen LogP contribution in [0.15, 0.2) is 18.2 Å². The molecule has 0 amide bonds. The number of halogens is 1. The molecule has 0 fully saturated rings. The van der Waals surface area contributed by atoms with Crippen molar-refractivity contribution in [3.63, 3.8) is 0 Å². The van der Waals surface area contributed by atoms with Crippen LogP contribution in [0, 0.1) is 17.7 Å². The first-order valence-corrected chi connectivity index (χ1v) is 6.69. The molecule has 3 atom stereocenters. The van der Waals surface area contributed by atoms with Crippen molar-refractivity contribution in [2.24, 2.45) is 17.6 Å². The van der Waals surface area contributed by atoms with E-state index in [4.69, 9.17) is 10.5 Å². The average molecular weight is 251 g/mol. The zero-order chi connectivity index (χ0) is 13.3. The maximum atomic E-state index is 13.2. The Morgan fingerprint density at radius 2 is 2.11 bits per heavy atom. The van der Waals surface area contributed by atoms with Crippen LogP contribution in [0.2, 0.25) is 0 Å². The van der Waals surface area contributed by atoms with E-state index in [0.29, 0.717) is 17.6 Å². The number of fused-ring (bicyclic) bond motifs is 1. The van der Waals surface area contributed by atoms with Gasteiger partial charge < -0.3 is 10.5 Å². The molecular formula is C15H22FNO. The van der Waals surface area contributed by atoms with Gasteiger partial charge in [0.1, 0.15) is 17.7 Å². The van der Waals surface area contributed by atoms with Crippen LogP contribution < -0.4 is 10.5 Å². The lowest BCUT2D eigenvalue weighted by atomic mass is 9.87. The molecule has 1 aliphatic rings. The summed E-state index contributed by atoms with van der Waals surface area (Å²) in [7, 11) is 0. The van der Waals surface area contributed by atoms with Gasteiger partial charge in [0.25, 0.3) is 0 Å². The first kappa shape index (κ1) is 13.3. The highest BCUT2D eigenvalue weighted by Crippen LogP contribution is 2.37. The highest BCUT2D eigenvalue weighted by atomic mass is 19.1. The lowest BCUT2D eigenvalue weighted by Gasteiger charge is -2.34. The Labute approximate surface area is 108 Å². The smallest absolute Gasteiger partial charge is 0.127 e. The number of benzene rings is 1. The fraction of sp³-hybridized carbons (Fsp3) is 0.600. The summed E-state index contributed by atoms with van der Waals surface area (Å²) >= 11 is 0. The van der Waals surface area contributed by atoms with Crippen LogP contribution in [0.5, 0.6) is 5.75 Å². The van der Waals surface area contributed by atoms with Crippen LogP contribution in [0.25, 0.3) is 0 Å². The minimum Gasteiger partial charge on any atom is -0.490 e. The molecule has 2 N–H and O–H groups in total. The number of rotatable bonds is 3. The van der Waals surface area contributed by atoms with Gasteiger partial charge in [-0.05, 0) is 24.3 Å². The van der Waals surface area contributed by atoms with Crippen molar-refractivity contribution < 1.29 is 9.13 Å². The molecule has 0 aromatic heterocycles. The van der Waals surface area contributed by atoms with Crippen molar-refractivity contribution >= 4 is 0 Å². The monoisotopic (exact) mass is 251 g/mol. The van der Waals surface area contributed by atoms with Gasteiger partial charge >= 0.3 is 0 Å². The van der Waals surface area contributed by atoms with E-state index in [1.54, 1.807) is 6.07 Å². The highest BCUT2D eigenvalue weighted by Gasteiger charge is 2.30. The highest BCUT2D eigenvalue weighted by molar-refractivity contribution is 5.38. The topological polar surface area (TPSA) is 35.2 Å². The summed E-state index contributed by atoms with van der Waals surface area (Å²) in [5.41, 5.74) is 7.07. The molecule has 100 valence electrons. The SMILES string of the molecule is CC(C)CC(C)C1C[C@H](N)c2ccc(F)cc2O1. The molecule has 1 aliphatic heterocycles. The summed E-state index contributed by atoms with van der Waals surface area (Å²) < 4.78 is 19.2. The van der Waals surface area contributed by atoms with E-state index in [0.717, 1.165) is 18.4 Å². The van der Waals surface area contributed by atoms with E-state index in [1.165, 1.54) is 12.1 Å². The summed E-state index contributed by atoms with van der Waals surface area (Å²) in [5, 5.41) is 0. The van der Waals surface area contributed by atoms with E-state index in [9.17, 15) is 4.39 Å². The van der Waals surface area contributed by atoms with E-state index >= 15 is 0 Å². The van der Waals surface area contributed by atoms with Gasteiger partial charge in [-0.2, -0.15) is 0 Å². The summed E-state index contributed by atoms with van der Waals surface area (Å²) in [6, 6.07) is 4.58. The number of hydrogen-bond donors (Lipinski definition) is 1. The van der Waals surface area contributed by atoms with Crippen molar-refractivity contribution in [1.29, 1.82) is 0 Å². The fourth-order valence-corrected chi connectivity index (χ4v) is 2.75. The lowest BCUT2D eigenvalue weighted by Crippen LogP contribution is -2.34. The Kier molecular flexibility index (Phi) is 3.91. The Morgan fingerprint density at radius 3 is 2.78 bits per heavy atom. The maximum absolute atomic E-state index is 13.2. The van der Waals surface area contributed by atoms with Gasteiger partial charge in [-0.15, -0.1) is 0 Å². The molecule has 2 rings (SSSR count). The van der Waals surface area contributed by atoms with Gasteiger partial charge in [0.2, 0.25) is 0 Å². The molecule has 1 aromatic rings. The van der Waals surface area contributed by atoms with Crippen molar-refractivity contribution in [2.75, 3.05) is 0 Å². The van der Waals surface area contributed by atoms with Crippen molar-refractivity contribution in [2.45, 2.75) is 45.8 Å². The largest absolute Gasteiger partial charge is 0.490 e. The van der Waals surface area contributed by atoms with Crippen LogP contribution in [0.4, 0.5) is 4.39 Å². The van der Waals surface area contributed by atoms with E-state index in [2.05, 4.69) is 20.8 Å². The number of hydrogen-bond acceptors (Lipinski definition) is 2. The van der Waals surface area contributed by atoms with E-state index < -0.39 is 0 Å². The summed E-state index contributed by atoms with van der Waals surface area (Å²) in [6.07, 6.45) is 2.01. The van der Waals surface area contributed by atoms with Crippen LogP contribution >= 0.6 is 0 Å². The minimum absolute atomic E-state index is 0.0473. The zero-order valence-corrected chi connectivity index (χ0v) is 11.3. The average Bonchev–Trinajstić information content (AvgIpc) is 2.27. The first-order valence-electron chi connectivity index (χ1n) is 6.69. The Morgan fingerprint density at radius 1 is 1.39 bits per heavy atom. The first-order chi connectivity index (χ1) is 8.47. The molecule has 0 radical (unpaired) electrons. The third-order valence-corrected chi connectivity index (χ3v) is 3.62. The Bertz CT molecular complexity index is 419. The zero-order valence-electron chi connectivity index (χ0n) is 11.3. The molecule has 2 nitrogen and oxygen atoms in total. The van der Waals surface area contributed by atoms with Gasteiger partial charge in [0, 0.05) is 24.1 Å². The lowest BCUT2D eigenvalue weighted by molar-refractivity contribution is 0.0958. The summed E-state index contributed by atoms with van der Waals surface area (Å²) in [6.45, 7) is 6.58. The van der Waals surface area contributed by atoms with Crippen LogP contribution in [0.3, 0.4) is 0 Å². The van der Waals surface area contributed by atoms with Crippen LogP contribution in [-0.2, 0) is 0 Å². The molecule has 0 spiro atoms. The minimum atomic E-state index is -0.266.